The Kier molecular flexibility index (Phi) is 2.58. The molecule has 1 aliphatic heterocycles. The van der Waals surface area contributed by atoms with Crippen LogP contribution in [0.4, 0.5) is 0 Å². The molecule has 0 aromatic rings. The molecule has 14 heavy (non-hydrogen) atoms. The zero-order valence-corrected chi connectivity index (χ0v) is 9.45. The van der Waals surface area contributed by atoms with Gasteiger partial charge in [-0.15, -0.1) is 0 Å². The van der Waals surface area contributed by atoms with Crippen molar-refractivity contribution in [2.75, 3.05) is 14.2 Å². The quantitative estimate of drug-likeness (QED) is 0.692. The van der Waals surface area contributed by atoms with Crippen LogP contribution in [0.5, 0.6) is 0 Å². The largest absolute Gasteiger partial charge is 0.379 e. The molecule has 0 radical (unpaired) electrons. The molecule has 2 bridgehead atoms. The van der Waals surface area contributed by atoms with Crippen molar-refractivity contribution < 1.29 is 14.2 Å². The van der Waals surface area contributed by atoms with Gasteiger partial charge in [-0.05, 0) is 26.7 Å². The standard InChI is InChI=1S/C11H20O3/c1-7-9-5-6-11(14-7,8(2)12-3)10(9)13-4/h7-10H,5-6H2,1-4H3. The molecule has 0 amide bonds. The Morgan fingerprint density at radius 2 is 2.14 bits per heavy atom. The molecule has 3 heteroatoms. The minimum Gasteiger partial charge on any atom is -0.379 e. The predicted octanol–water partition coefficient (Wildman–Crippen LogP) is 1.60. The van der Waals surface area contributed by atoms with Gasteiger partial charge in [0.2, 0.25) is 0 Å². The van der Waals surface area contributed by atoms with Gasteiger partial charge in [0, 0.05) is 20.1 Å². The van der Waals surface area contributed by atoms with Gasteiger partial charge in [0.1, 0.15) is 5.60 Å². The molecule has 0 spiro atoms. The van der Waals surface area contributed by atoms with Crippen LogP contribution >= 0.6 is 0 Å². The maximum Gasteiger partial charge on any atom is 0.121 e. The monoisotopic (exact) mass is 200 g/mol. The molecule has 1 aliphatic carbocycles. The zero-order valence-electron chi connectivity index (χ0n) is 9.45. The van der Waals surface area contributed by atoms with Crippen LogP contribution in [0.15, 0.2) is 0 Å². The molecular formula is C11H20O3. The van der Waals surface area contributed by atoms with Crippen molar-refractivity contribution in [3.63, 3.8) is 0 Å². The molecule has 5 atom stereocenters. The van der Waals surface area contributed by atoms with Crippen molar-refractivity contribution in [3.8, 4) is 0 Å². The highest BCUT2D eigenvalue weighted by Crippen LogP contribution is 2.51. The lowest BCUT2D eigenvalue weighted by Gasteiger charge is -2.36. The molecule has 0 aromatic heterocycles. The van der Waals surface area contributed by atoms with Crippen LogP contribution in [0.3, 0.4) is 0 Å². The fourth-order valence-electron chi connectivity index (χ4n) is 3.19. The summed E-state index contributed by atoms with van der Waals surface area (Å²) in [6.45, 7) is 4.21. The average Bonchev–Trinajstić information content (AvgIpc) is 2.68. The van der Waals surface area contributed by atoms with Gasteiger partial charge >= 0.3 is 0 Å². The van der Waals surface area contributed by atoms with E-state index in [2.05, 4.69) is 13.8 Å². The van der Waals surface area contributed by atoms with Crippen molar-refractivity contribution in [3.05, 3.63) is 0 Å². The van der Waals surface area contributed by atoms with Crippen LogP contribution in [0.25, 0.3) is 0 Å². The number of methoxy groups -OCH3 is 2. The van der Waals surface area contributed by atoms with Crippen molar-refractivity contribution >= 4 is 0 Å². The van der Waals surface area contributed by atoms with E-state index in [-0.39, 0.29) is 17.8 Å². The second-order valence-electron chi connectivity index (χ2n) is 4.51. The highest BCUT2D eigenvalue weighted by atomic mass is 16.6. The summed E-state index contributed by atoms with van der Waals surface area (Å²) >= 11 is 0. The zero-order chi connectivity index (χ0) is 10.3. The molecule has 82 valence electrons. The Labute approximate surface area is 85.7 Å². The molecule has 2 rings (SSSR count). The van der Waals surface area contributed by atoms with Gasteiger partial charge in [0.05, 0.1) is 18.3 Å². The normalized spacial score (nSPS) is 48.4. The van der Waals surface area contributed by atoms with E-state index in [1.165, 1.54) is 6.42 Å². The van der Waals surface area contributed by atoms with Crippen LogP contribution in [-0.4, -0.2) is 38.1 Å². The second kappa shape index (κ2) is 3.47. The molecule has 0 aromatic carbocycles. The number of fused-ring (bicyclic) bond motifs is 2. The van der Waals surface area contributed by atoms with Crippen LogP contribution in [0, 0.1) is 5.92 Å². The topological polar surface area (TPSA) is 27.7 Å². The first-order chi connectivity index (χ1) is 6.65. The van der Waals surface area contributed by atoms with Gasteiger partial charge in [-0.2, -0.15) is 0 Å². The number of hydrogen-bond donors (Lipinski definition) is 0. The molecule has 0 N–H and O–H groups in total. The van der Waals surface area contributed by atoms with E-state index in [9.17, 15) is 0 Å². The third-order valence-corrected chi connectivity index (χ3v) is 4.04. The minimum atomic E-state index is -0.187. The van der Waals surface area contributed by atoms with E-state index in [1.807, 2.05) is 0 Å². The summed E-state index contributed by atoms with van der Waals surface area (Å²) in [6.07, 6.45) is 2.91. The van der Waals surface area contributed by atoms with Gasteiger partial charge in [-0.25, -0.2) is 0 Å². The van der Waals surface area contributed by atoms with E-state index in [1.54, 1.807) is 14.2 Å². The van der Waals surface area contributed by atoms with E-state index >= 15 is 0 Å². The summed E-state index contributed by atoms with van der Waals surface area (Å²) in [5.41, 5.74) is -0.187. The van der Waals surface area contributed by atoms with Crippen molar-refractivity contribution in [1.29, 1.82) is 0 Å². The molecule has 2 fully saturated rings. The predicted molar refractivity (Wildman–Crippen MR) is 53.3 cm³/mol. The lowest BCUT2D eigenvalue weighted by atomic mass is 9.93. The molecule has 5 unspecified atom stereocenters. The maximum absolute atomic E-state index is 6.05. The fraction of sp³-hybridized carbons (Fsp3) is 1.00. The minimum absolute atomic E-state index is 0.113. The third-order valence-electron chi connectivity index (χ3n) is 4.04. The Morgan fingerprint density at radius 1 is 1.43 bits per heavy atom. The third kappa shape index (κ3) is 1.16. The summed E-state index contributed by atoms with van der Waals surface area (Å²) in [5.74, 6) is 0.553. The molecule has 3 nitrogen and oxygen atoms in total. The first kappa shape index (κ1) is 10.4. The van der Waals surface area contributed by atoms with E-state index in [4.69, 9.17) is 14.2 Å². The van der Waals surface area contributed by atoms with Crippen LogP contribution in [0.1, 0.15) is 26.7 Å². The molecular weight excluding hydrogens is 180 g/mol. The second-order valence-corrected chi connectivity index (χ2v) is 4.51. The van der Waals surface area contributed by atoms with Crippen LogP contribution in [-0.2, 0) is 14.2 Å². The lowest BCUT2D eigenvalue weighted by Crippen LogP contribution is -2.48. The summed E-state index contributed by atoms with van der Waals surface area (Å²) in [7, 11) is 3.52. The first-order valence-corrected chi connectivity index (χ1v) is 5.39. The van der Waals surface area contributed by atoms with Gasteiger partial charge in [0.15, 0.2) is 0 Å². The number of ether oxygens (including phenoxy) is 3. The smallest absolute Gasteiger partial charge is 0.121 e. The van der Waals surface area contributed by atoms with E-state index in [0.29, 0.717) is 12.0 Å². The van der Waals surface area contributed by atoms with Gasteiger partial charge in [-0.1, -0.05) is 0 Å². The van der Waals surface area contributed by atoms with Crippen LogP contribution in [0.2, 0.25) is 0 Å². The maximum atomic E-state index is 6.05. The Bertz CT molecular complexity index is 219. The number of hydrogen-bond acceptors (Lipinski definition) is 3. The van der Waals surface area contributed by atoms with Crippen molar-refractivity contribution in [1.82, 2.24) is 0 Å². The van der Waals surface area contributed by atoms with Crippen molar-refractivity contribution in [2.24, 2.45) is 5.92 Å². The summed E-state index contributed by atoms with van der Waals surface area (Å²) in [4.78, 5) is 0. The summed E-state index contributed by atoms with van der Waals surface area (Å²) < 4.78 is 17.1. The average molecular weight is 200 g/mol. The Morgan fingerprint density at radius 3 is 2.64 bits per heavy atom. The van der Waals surface area contributed by atoms with Crippen molar-refractivity contribution in [2.45, 2.75) is 50.6 Å². The molecule has 1 saturated carbocycles. The SMILES string of the molecule is COC(C)C12CCC(C(C)O1)C2OC. The van der Waals surface area contributed by atoms with Gasteiger partial charge in [-0.3, -0.25) is 0 Å². The van der Waals surface area contributed by atoms with Crippen LogP contribution < -0.4 is 0 Å². The highest BCUT2D eigenvalue weighted by Gasteiger charge is 2.61. The first-order valence-electron chi connectivity index (χ1n) is 5.39. The summed E-state index contributed by atoms with van der Waals surface area (Å²) in [5, 5.41) is 0. The lowest BCUT2D eigenvalue weighted by molar-refractivity contribution is -0.160. The number of rotatable bonds is 3. The van der Waals surface area contributed by atoms with E-state index in [0.717, 1.165) is 6.42 Å². The summed E-state index contributed by atoms with van der Waals surface area (Å²) in [6, 6.07) is 0. The highest BCUT2D eigenvalue weighted by molar-refractivity contribution is 5.10. The van der Waals surface area contributed by atoms with E-state index < -0.39 is 0 Å². The molecule has 1 saturated heterocycles. The Hall–Kier alpha value is -0.120. The molecule has 1 heterocycles. The van der Waals surface area contributed by atoms with Gasteiger partial charge < -0.3 is 14.2 Å². The van der Waals surface area contributed by atoms with Gasteiger partial charge in [0.25, 0.3) is 0 Å². The molecule has 2 aliphatic rings. The Balaban J connectivity index is 2.24. The fourth-order valence-corrected chi connectivity index (χ4v) is 3.19.